The van der Waals surface area contributed by atoms with E-state index in [1.165, 1.54) is 0 Å². The third-order valence-corrected chi connectivity index (χ3v) is 2.07. The summed E-state index contributed by atoms with van der Waals surface area (Å²) in [6, 6.07) is 14.9. The Morgan fingerprint density at radius 2 is 2.15 bits per heavy atom. The van der Waals surface area contributed by atoms with E-state index >= 15 is 0 Å². The maximum atomic E-state index is 10.3. The molecule has 1 heteroatoms. The van der Waals surface area contributed by atoms with Gasteiger partial charge in [0.2, 0.25) is 0 Å². The topological polar surface area (TPSA) is 17.1 Å². The van der Waals surface area contributed by atoms with Crippen LogP contribution in [0.4, 0.5) is 0 Å². The minimum Gasteiger partial charge on any atom is -0.303 e. The molecule has 0 aliphatic heterocycles. The number of carbonyl (C=O) groups is 1. The largest absolute Gasteiger partial charge is 0.303 e. The van der Waals surface area contributed by atoms with Gasteiger partial charge in [0.25, 0.3) is 0 Å². The summed E-state index contributed by atoms with van der Waals surface area (Å²) in [4.78, 5) is 10.3. The van der Waals surface area contributed by atoms with Crippen LogP contribution < -0.4 is 0 Å². The smallest absolute Gasteiger partial charge is 0.124 e. The first kappa shape index (κ1) is 7.99. The zero-order valence-corrected chi connectivity index (χ0v) is 7.16. The van der Waals surface area contributed by atoms with Crippen molar-refractivity contribution in [2.75, 3.05) is 0 Å². The van der Waals surface area contributed by atoms with Gasteiger partial charge < -0.3 is 4.79 Å². The first-order valence-corrected chi connectivity index (χ1v) is 4.22. The van der Waals surface area contributed by atoms with Crippen LogP contribution in [0.5, 0.6) is 0 Å². The van der Waals surface area contributed by atoms with Crippen molar-refractivity contribution in [1.29, 1.82) is 0 Å². The summed E-state index contributed by atoms with van der Waals surface area (Å²) in [5.74, 6) is 0. The number of aldehydes is 1. The van der Waals surface area contributed by atoms with Gasteiger partial charge in [-0.15, -0.1) is 0 Å². The zero-order valence-electron chi connectivity index (χ0n) is 7.16. The van der Waals surface area contributed by atoms with E-state index in [0.29, 0.717) is 6.42 Å². The summed E-state index contributed by atoms with van der Waals surface area (Å²) in [7, 11) is 0. The molecule has 0 N–H and O–H groups in total. The van der Waals surface area contributed by atoms with E-state index in [0.717, 1.165) is 22.6 Å². The minimum atomic E-state index is 0.495. The Kier molecular flexibility index (Phi) is 2.09. The Morgan fingerprint density at radius 1 is 1.23 bits per heavy atom. The highest BCUT2D eigenvalue weighted by Crippen LogP contribution is 2.15. The van der Waals surface area contributed by atoms with Gasteiger partial charge in [0.05, 0.1) is 0 Å². The molecule has 0 aliphatic rings. The fourth-order valence-electron chi connectivity index (χ4n) is 1.40. The van der Waals surface area contributed by atoms with Gasteiger partial charge in [0, 0.05) is 6.42 Å². The van der Waals surface area contributed by atoms with Crippen molar-refractivity contribution in [3.8, 4) is 0 Å². The quantitative estimate of drug-likeness (QED) is 0.631. The molecule has 0 fully saturated rings. The molecule has 13 heavy (non-hydrogen) atoms. The molecule has 0 saturated heterocycles. The minimum absolute atomic E-state index is 0.495. The van der Waals surface area contributed by atoms with Crippen molar-refractivity contribution < 1.29 is 4.79 Å². The van der Waals surface area contributed by atoms with E-state index in [9.17, 15) is 4.79 Å². The van der Waals surface area contributed by atoms with E-state index in [1.807, 2.05) is 36.4 Å². The SMILES string of the molecule is O=CCc1ccc2c[c]ccc2c1. The van der Waals surface area contributed by atoms with Gasteiger partial charge in [-0.1, -0.05) is 30.3 Å². The molecule has 2 aromatic rings. The lowest BCUT2D eigenvalue weighted by molar-refractivity contribution is -0.107. The van der Waals surface area contributed by atoms with Crippen LogP contribution in [0.1, 0.15) is 5.56 Å². The van der Waals surface area contributed by atoms with Crippen LogP contribution in [-0.4, -0.2) is 6.29 Å². The van der Waals surface area contributed by atoms with Crippen LogP contribution in [0.2, 0.25) is 0 Å². The van der Waals surface area contributed by atoms with Gasteiger partial charge in [-0.05, 0) is 28.5 Å². The molecular weight excluding hydrogens is 160 g/mol. The highest BCUT2D eigenvalue weighted by atomic mass is 16.1. The van der Waals surface area contributed by atoms with Gasteiger partial charge in [0.15, 0.2) is 0 Å². The van der Waals surface area contributed by atoms with Crippen molar-refractivity contribution in [2.24, 2.45) is 0 Å². The molecule has 1 radical (unpaired) electrons. The summed E-state index contributed by atoms with van der Waals surface area (Å²) >= 11 is 0. The average Bonchev–Trinajstić information content (AvgIpc) is 2.18. The lowest BCUT2D eigenvalue weighted by Gasteiger charge is -1.99. The molecule has 0 saturated carbocycles. The average molecular weight is 169 g/mol. The summed E-state index contributed by atoms with van der Waals surface area (Å²) in [6.07, 6.45) is 1.42. The first-order chi connectivity index (χ1) is 6.40. The zero-order chi connectivity index (χ0) is 9.10. The van der Waals surface area contributed by atoms with Gasteiger partial charge in [-0.3, -0.25) is 0 Å². The molecule has 0 aromatic heterocycles. The fourth-order valence-corrected chi connectivity index (χ4v) is 1.40. The van der Waals surface area contributed by atoms with Crippen molar-refractivity contribution in [3.05, 3.63) is 48.0 Å². The second kappa shape index (κ2) is 3.40. The lowest BCUT2D eigenvalue weighted by atomic mass is 10.1. The first-order valence-electron chi connectivity index (χ1n) is 4.22. The number of carbonyl (C=O) groups excluding carboxylic acids is 1. The van der Waals surface area contributed by atoms with Crippen molar-refractivity contribution in [3.63, 3.8) is 0 Å². The summed E-state index contributed by atoms with van der Waals surface area (Å²) in [6.45, 7) is 0. The van der Waals surface area contributed by atoms with E-state index in [4.69, 9.17) is 0 Å². The molecule has 0 heterocycles. The van der Waals surface area contributed by atoms with Crippen LogP contribution in [0.15, 0.2) is 36.4 Å². The predicted octanol–water partition coefficient (Wildman–Crippen LogP) is 2.38. The van der Waals surface area contributed by atoms with Gasteiger partial charge in [-0.2, -0.15) is 0 Å². The van der Waals surface area contributed by atoms with E-state index in [-0.39, 0.29) is 0 Å². The fraction of sp³-hybridized carbons (Fsp3) is 0.0833. The molecule has 0 unspecified atom stereocenters. The molecule has 0 aliphatic carbocycles. The summed E-state index contributed by atoms with van der Waals surface area (Å²) in [5.41, 5.74) is 1.06. The molecule has 63 valence electrons. The Balaban J connectivity index is 2.55. The second-order valence-corrected chi connectivity index (χ2v) is 2.98. The maximum Gasteiger partial charge on any atom is 0.124 e. The van der Waals surface area contributed by atoms with Crippen molar-refractivity contribution in [2.45, 2.75) is 6.42 Å². The Hall–Kier alpha value is -1.63. The molecular formula is C12H9O. The molecule has 0 bridgehead atoms. The van der Waals surface area contributed by atoms with Crippen LogP contribution in [0.25, 0.3) is 10.8 Å². The highest BCUT2D eigenvalue weighted by molar-refractivity contribution is 5.83. The van der Waals surface area contributed by atoms with Crippen LogP contribution in [0.3, 0.4) is 0 Å². The number of hydrogen-bond acceptors (Lipinski definition) is 1. The molecule has 0 spiro atoms. The Labute approximate surface area is 77.0 Å². The lowest BCUT2D eigenvalue weighted by Crippen LogP contribution is -1.84. The Morgan fingerprint density at radius 3 is 3.00 bits per heavy atom. The summed E-state index contributed by atoms with van der Waals surface area (Å²) in [5, 5.41) is 2.33. The number of hydrogen-bond donors (Lipinski definition) is 0. The number of rotatable bonds is 2. The van der Waals surface area contributed by atoms with Crippen molar-refractivity contribution in [1.82, 2.24) is 0 Å². The Bertz CT molecular complexity index is 432. The maximum absolute atomic E-state index is 10.3. The standard InChI is InChI=1S/C12H9O/c13-8-7-10-5-6-11-3-1-2-4-12(11)9-10/h2-6,8-9H,7H2. The van der Waals surface area contributed by atoms with Crippen LogP contribution >= 0.6 is 0 Å². The predicted molar refractivity (Wildman–Crippen MR) is 52.6 cm³/mol. The highest BCUT2D eigenvalue weighted by Gasteiger charge is 1.94. The van der Waals surface area contributed by atoms with E-state index in [2.05, 4.69) is 6.07 Å². The third-order valence-electron chi connectivity index (χ3n) is 2.07. The molecule has 0 amide bonds. The van der Waals surface area contributed by atoms with Crippen LogP contribution in [-0.2, 0) is 11.2 Å². The molecule has 2 rings (SSSR count). The van der Waals surface area contributed by atoms with Gasteiger partial charge in [0.1, 0.15) is 6.29 Å². The van der Waals surface area contributed by atoms with E-state index < -0.39 is 0 Å². The monoisotopic (exact) mass is 169 g/mol. The summed E-state index contributed by atoms with van der Waals surface area (Å²) < 4.78 is 0. The van der Waals surface area contributed by atoms with E-state index in [1.54, 1.807) is 0 Å². The van der Waals surface area contributed by atoms with Crippen molar-refractivity contribution >= 4 is 17.1 Å². The van der Waals surface area contributed by atoms with Gasteiger partial charge >= 0.3 is 0 Å². The van der Waals surface area contributed by atoms with Crippen LogP contribution in [0, 0.1) is 6.07 Å². The molecule has 0 atom stereocenters. The number of fused-ring (bicyclic) bond motifs is 1. The molecule has 1 nitrogen and oxygen atoms in total. The second-order valence-electron chi connectivity index (χ2n) is 2.98. The van der Waals surface area contributed by atoms with Gasteiger partial charge in [-0.25, -0.2) is 0 Å². The number of benzene rings is 2. The molecule has 2 aromatic carbocycles. The third kappa shape index (κ3) is 1.59. The normalized spacial score (nSPS) is 10.2.